The van der Waals surface area contributed by atoms with Gasteiger partial charge in [0.15, 0.2) is 0 Å². The van der Waals surface area contributed by atoms with Crippen molar-refractivity contribution in [3.8, 4) is 0 Å². The van der Waals surface area contributed by atoms with Crippen LogP contribution in [0.15, 0.2) is 24.3 Å². The van der Waals surface area contributed by atoms with Crippen LogP contribution in [-0.4, -0.2) is 27.6 Å². The van der Waals surface area contributed by atoms with Gasteiger partial charge >= 0.3 is 0 Å². The summed E-state index contributed by atoms with van der Waals surface area (Å²) in [4.78, 5) is 22.4. The number of rotatable bonds is 4. The van der Waals surface area contributed by atoms with Crippen LogP contribution in [0, 0.1) is 13.8 Å². The number of nitrogens with zero attached hydrogens (tertiary/aromatic N) is 2. The molecule has 0 saturated heterocycles. The van der Waals surface area contributed by atoms with Gasteiger partial charge in [0.05, 0.1) is 10.3 Å². The van der Waals surface area contributed by atoms with E-state index in [4.69, 9.17) is 10.8 Å². The fraction of sp³-hybridized carbons (Fsp3) is 0.235. The molecule has 1 aromatic carbocycles. The van der Waals surface area contributed by atoms with Gasteiger partial charge in [0.25, 0.3) is 5.91 Å². The fourth-order valence-corrected chi connectivity index (χ4v) is 3.70. The van der Waals surface area contributed by atoms with E-state index < -0.39 is 0 Å². The van der Waals surface area contributed by atoms with Crippen molar-refractivity contribution in [3.63, 3.8) is 0 Å². The number of carbonyl (C=O) groups excluding carboxylic acids is 1. The van der Waals surface area contributed by atoms with E-state index in [9.17, 15) is 4.79 Å². The van der Waals surface area contributed by atoms with Crippen LogP contribution < -0.4 is 11.1 Å². The molecule has 0 aliphatic rings. The third-order valence-corrected chi connectivity index (χ3v) is 4.93. The van der Waals surface area contributed by atoms with E-state index in [1.165, 1.54) is 11.3 Å². The second-order valence-corrected chi connectivity index (χ2v) is 6.52. The lowest BCUT2D eigenvalue weighted by molar-refractivity contribution is 0.103. The maximum atomic E-state index is 12.6. The van der Waals surface area contributed by atoms with E-state index in [2.05, 4.69) is 15.3 Å². The van der Waals surface area contributed by atoms with Crippen LogP contribution >= 0.6 is 11.3 Å². The van der Waals surface area contributed by atoms with Crippen LogP contribution in [0.2, 0.25) is 0 Å². The average molecular weight is 342 g/mol. The summed E-state index contributed by atoms with van der Waals surface area (Å²) in [7, 11) is 0. The average Bonchev–Trinajstić information content (AvgIpc) is 2.86. The zero-order valence-electron chi connectivity index (χ0n) is 13.5. The summed E-state index contributed by atoms with van der Waals surface area (Å²) in [5.41, 5.74) is 8.49. The first-order valence-electron chi connectivity index (χ1n) is 7.54. The van der Waals surface area contributed by atoms with Crippen LogP contribution in [0.25, 0.3) is 10.2 Å². The monoisotopic (exact) mass is 342 g/mol. The molecule has 0 fully saturated rings. The molecular formula is C17H18N4O2S. The largest absolute Gasteiger partial charge is 0.396 e. The molecule has 0 unspecified atom stereocenters. The Morgan fingerprint density at radius 3 is 2.62 bits per heavy atom. The summed E-state index contributed by atoms with van der Waals surface area (Å²) in [6.45, 7) is 3.74. The number of anilines is 2. The molecule has 0 aliphatic carbocycles. The Kier molecular flexibility index (Phi) is 4.46. The summed E-state index contributed by atoms with van der Waals surface area (Å²) in [6.07, 6.45) is 0.598. The number of aromatic nitrogens is 2. The summed E-state index contributed by atoms with van der Waals surface area (Å²) in [6, 6.07) is 7.42. The van der Waals surface area contributed by atoms with Crippen LogP contribution in [0.1, 0.15) is 26.6 Å². The quantitative estimate of drug-likeness (QED) is 0.677. The summed E-state index contributed by atoms with van der Waals surface area (Å²) in [5, 5.41) is 12.6. The minimum absolute atomic E-state index is 0.106. The number of nitrogens with one attached hydrogen (secondary N) is 1. The van der Waals surface area contributed by atoms with E-state index >= 15 is 0 Å². The van der Waals surface area contributed by atoms with Crippen molar-refractivity contribution in [1.29, 1.82) is 0 Å². The summed E-state index contributed by atoms with van der Waals surface area (Å²) in [5.74, 6) is 0.800. The molecule has 4 N–H and O–H groups in total. The van der Waals surface area contributed by atoms with E-state index in [1.807, 2.05) is 31.2 Å². The Morgan fingerprint density at radius 2 is 1.96 bits per heavy atom. The molecule has 0 atom stereocenters. The van der Waals surface area contributed by atoms with Crippen molar-refractivity contribution in [2.75, 3.05) is 17.7 Å². The van der Waals surface area contributed by atoms with Gasteiger partial charge in [0.2, 0.25) is 0 Å². The molecule has 0 aliphatic heterocycles. The molecule has 0 bridgehead atoms. The summed E-state index contributed by atoms with van der Waals surface area (Å²) < 4.78 is 0. The van der Waals surface area contributed by atoms with E-state index in [-0.39, 0.29) is 12.5 Å². The number of aliphatic hydroxyl groups is 1. The Morgan fingerprint density at radius 1 is 1.25 bits per heavy atom. The van der Waals surface area contributed by atoms with Crippen LogP contribution in [-0.2, 0) is 6.42 Å². The number of thiophene rings is 1. The number of aliphatic hydroxyl groups excluding tert-OH is 1. The van der Waals surface area contributed by atoms with E-state index in [1.54, 1.807) is 6.92 Å². The molecule has 2 aromatic heterocycles. The zero-order chi connectivity index (χ0) is 17.3. The Hall–Kier alpha value is -2.51. The van der Waals surface area contributed by atoms with Gasteiger partial charge in [-0.1, -0.05) is 12.1 Å². The lowest BCUT2D eigenvalue weighted by Gasteiger charge is -2.06. The maximum absolute atomic E-state index is 12.6. The SMILES string of the molecule is Cc1nc(N)c2c(C)c(C(=O)Nc3ccc(CCO)cc3)sc2n1. The topological polar surface area (TPSA) is 101 Å². The number of aryl methyl sites for hydroxylation is 2. The maximum Gasteiger partial charge on any atom is 0.266 e. The van der Waals surface area contributed by atoms with Gasteiger partial charge in [-0.05, 0) is 43.5 Å². The van der Waals surface area contributed by atoms with Gasteiger partial charge in [-0.25, -0.2) is 9.97 Å². The number of nitrogen functional groups attached to an aromatic ring is 1. The predicted octanol–water partition coefficient (Wildman–Crippen LogP) is 2.68. The third kappa shape index (κ3) is 3.08. The van der Waals surface area contributed by atoms with Gasteiger partial charge in [-0.3, -0.25) is 4.79 Å². The molecule has 24 heavy (non-hydrogen) atoms. The third-order valence-electron chi connectivity index (χ3n) is 3.75. The van der Waals surface area contributed by atoms with Crippen molar-refractivity contribution in [2.24, 2.45) is 0 Å². The van der Waals surface area contributed by atoms with Crippen LogP contribution in [0.4, 0.5) is 11.5 Å². The molecule has 0 radical (unpaired) electrons. The molecule has 1 amide bonds. The van der Waals surface area contributed by atoms with Crippen LogP contribution in [0.5, 0.6) is 0 Å². The lowest BCUT2D eigenvalue weighted by Crippen LogP contribution is -2.11. The van der Waals surface area contributed by atoms with Crippen molar-refractivity contribution in [2.45, 2.75) is 20.3 Å². The molecule has 6 nitrogen and oxygen atoms in total. The minimum atomic E-state index is -0.192. The van der Waals surface area contributed by atoms with Gasteiger partial charge in [-0.15, -0.1) is 11.3 Å². The number of benzene rings is 1. The fourth-order valence-electron chi connectivity index (χ4n) is 2.57. The standard InChI is InChI=1S/C17H18N4O2S/c1-9-13-15(18)19-10(2)20-17(13)24-14(9)16(23)21-12-5-3-11(4-6-12)7-8-22/h3-6,22H,7-8H2,1-2H3,(H,21,23)(H2,18,19,20). The number of amides is 1. The zero-order valence-corrected chi connectivity index (χ0v) is 14.3. The van der Waals surface area contributed by atoms with Crippen molar-refractivity contribution in [3.05, 3.63) is 46.1 Å². The van der Waals surface area contributed by atoms with Gasteiger partial charge in [-0.2, -0.15) is 0 Å². The number of hydrogen-bond acceptors (Lipinski definition) is 6. The molecule has 7 heteroatoms. The highest BCUT2D eigenvalue weighted by atomic mass is 32.1. The highest BCUT2D eigenvalue weighted by molar-refractivity contribution is 7.20. The van der Waals surface area contributed by atoms with Gasteiger partial charge in [0, 0.05) is 12.3 Å². The van der Waals surface area contributed by atoms with E-state index in [0.717, 1.165) is 21.3 Å². The van der Waals surface area contributed by atoms with Gasteiger partial charge in [0.1, 0.15) is 16.5 Å². The smallest absolute Gasteiger partial charge is 0.266 e. The molecular weight excluding hydrogens is 324 g/mol. The highest BCUT2D eigenvalue weighted by Crippen LogP contribution is 2.33. The minimum Gasteiger partial charge on any atom is -0.396 e. The first kappa shape index (κ1) is 16.4. The van der Waals surface area contributed by atoms with Gasteiger partial charge < -0.3 is 16.2 Å². The number of fused-ring (bicyclic) bond motifs is 1. The molecule has 3 rings (SSSR count). The van der Waals surface area contributed by atoms with E-state index in [0.29, 0.717) is 28.6 Å². The summed E-state index contributed by atoms with van der Waals surface area (Å²) >= 11 is 1.31. The number of hydrogen-bond donors (Lipinski definition) is 3. The lowest BCUT2D eigenvalue weighted by atomic mass is 10.1. The normalized spacial score (nSPS) is 11.0. The second-order valence-electron chi connectivity index (χ2n) is 5.52. The Labute approximate surface area is 143 Å². The Bertz CT molecular complexity index is 903. The highest BCUT2D eigenvalue weighted by Gasteiger charge is 2.19. The molecule has 124 valence electrons. The molecule has 0 saturated carbocycles. The number of nitrogens with two attached hydrogens (primary N) is 1. The number of carbonyl (C=O) groups is 1. The van der Waals surface area contributed by atoms with Crippen molar-refractivity contribution < 1.29 is 9.90 Å². The second kappa shape index (κ2) is 6.54. The van der Waals surface area contributed by atoms with Crippen molar-refractivity contribution in [1.82, 2.24) is 9.97 Å². The molecule has 0 spiro atoms. The van der Waals surface area contributed by atoms with Crippen LogP contribution in [0.3, 0.4) is 0 Å². The molecule has 2 heterocycles. The molecule has 3 aromatic rings. The first-order valence-corrected chi connectivity index (χ1v) is 8.35. The first-order chi connectivity index (χ1) is 11.5. The Balaban J connectivity index is 1.88. The van der Waals surface area contributed by atoms with Crippen molar-refractivity contribution >= 4 is 39.0 Å². The predicted molar refractivity (Wildman–Crippen MR) is 96.5 cm³/mol.